The van der Waals surface area contributed by atoms with Crippen LogP contribution in [0.4, 0.5) is 0 Å². The molecule has 0 aromatic heterocycles. The number of fused-ring (bicyclic) bond motifs is 2. The fraction of sp³-hybridized carbons (Fsp3) is 1.00. The molecule has 0 radical (unpaired) electrons. The summed E-state index contributed by atoms with van der Waals surface area (Å²) in [6.45, 7) is 11.6. The molecule has 16 heavy (non-hydrogen) atoms. The molecule has 0 aromatic carbocycles. The van der Waals surface area contributed by atoms with Crippen LogP contribution in [-0.2, 0) is 0 Å². The van der Waals surface area contributed by atoms with Gasteiger partial charge in [0.1, 0.15) is 0 Å². The lowest BCUT2D eigenvalue weighted by atomic mass is 9.43. The van der Waals surface area contributed by atoms with Gasteiger partial charge < -0.3 is 5.11 Å². The van der Waals surface area contributed by atoms with Crippen molar-refractivity contribution < 1.29 is 5.11 Å². The summed E-state index contributed by atoms with van der Waals surface area (Å²) in [6, 6.07) is 0. The maximum absolute atomic E-state index is 10.3. The molecular formula is C15H28O. The maximum atomic E-state index is 10.3. The zero-order chi connectivity index (χ0) is 12.1. The van der Waals surface area contributed by atoms with Crippen molar-refractivity contribution in [1.29, 1.82) is 0 Å². The molecule has 0 spiro atoms. The summed E-state index contributed by atoms with van der Waals surface area (Å²) in [5.74, 6) is 3.64. The Kier molecular flexibility index (Phi) is 3.11. The molecule has 3 fully saturated rings. The molecule has 5 atom stereocenters. The predicted octanol–water partition coefficient (Wildman–Crippen LogP) is 3.71. The molecule has 3 aliphatic carbocycles. The van der Waals surface area contributed by atoms with E-state index in [1.54, 1.807) is 0 Å². The van der Waals surface area contributed by atoms with Gasteiger partial charge in [0.25, 0.3) is 0 Å². The Hall–Kier alpha value is -0.0400. The minimum atomic E-state index is -0.0589. The highest BCUT2D eigenvalue weighted by Gasteiger charge is 2.57. The van der Waals surface area contributed by atoms with Crippen LogP contribution in [0.3, 0.4) is 0 Å². The van der Waals surface area contributed by atoms with Crippen LogP contribution in [0.25, 0.3) is 0 Å². The third-order valence-electron chi connectivity index (χ3n) is 5.62. The van der Waals surface area contributed by atoms with E-state index in [1.807, 2.05) is 0 Å². The van der Waals surface area contributed by atoms with Crippen LogP contribution in [0.2, 0.25) is 0 Å². The molecule has 0 heterocycles. The van der Waals surface area contributed by atoms with Gasteiger partial charge in [-0.3, -0.25) is 0 Å². The average Bonchev–Trinajstić information content (AvgIpc) is 2.15. The smallest absolute Gasteiger partial charge is 0.0573 e. The minimum absolute atomic E-state index is 0.0589. The second-order valence-electron chi connectivity index (χ2n) is 7.32. The molecule has 0 amide bonds. The Bertz CT molecular complexity index is 256. The third kappa shape index (κ3) is 1.81. The molecule has 3 saturated carbocycles. The van der Waals surface area contributed by atoms with Crippen molar-refractivity contribution in [3.63, 3.8) is 0 Å². The van der Waals surface area contributed by atoms with Crippen molar-refractivity contribution >= 4 is 0 Å². The van der Waals surface area contributed by atoms with Gasteiger partial charge in [0.15, 0.2) is 0 Å². The quantitative estimate of drug-likeness (QED) is 0.775. The van der Waals surface area contributed by atoms with Gasteiger partial charge in [-0.25, -0.2) is 0 Å². The van der Waals surface area contributed by atoms with Crippen molar-refractivity contribution in [3.05, 3.63) is 0 Å². The van der Waals surface area contributed by atoms with E-state index in [0.717, 1.165) is 18.3 Å². The summed E-state index contributed by atoms with van der Waals surface area (Å²) in [5.41, 5.74) is 0.549. The fourth-order valence-electron chi connectivity index (χ4n) is 4.36. The monoisotopic (exact) mass is 224 g/mol. The Morgan fingerprint density at radius 2 is 1.88 bits per heavy atom. The first-order valence-electron chi connectivity index (χ1n) is 7.02. The molecule has 94 valence electrons. The first-order chi connectivity index (χ1) is 7.34. The fourth-order valence-corrected chi connectivity index (χ4v) is 4.36. The highest BCUT2D eigenvalue weighted by molar-refractivity contribution is 5.06. The van der Waals surface area contributed by atoms with Gasteiger partial charge in [-0.15, -0.1) is 0 Å². The first-order valence-corrected chi connectivity index (χ1v) is 7.02. The van der Waals surface area contributed by atoms with Gasteiger partial charge in [0.05, 0.1) is 6.10 Å². The van der Waals surface area contributed by atoms with E-state index in [2.05, 4.69) is 34.6 Å². The minimum Gasteiger partial charge on any atom is -0.393 e. The second-order valence-corrected chi connectivity index (χ2v) is 7.32. The molecule has 2 bridgehead atoms. The lowest BCUT2D eigenvalue weighted by Gasteiger charge is -2.62. The molecule has 1 unspecified atom stereocenters. The third-order valence-corrected chi connectivity index (χ3v) is 5.62. The Morgan fingerprint density at radius 3 is 2.31 bits per heavy atom. The van der Waals surface area contributed by atoms with Gasteiger partial charge in [-0.2, -0.15) is 0 Å². The summed E-state index contributed by atoms with van der Waals surface area (Å²) in [4.78, 5) is 0. The van der Waals surface area contributed by atoms with E-state index in [0.29, 0.717) is 23.2 Å². The number of hydrogen-bond donors (Lipinski definition) is 1. The summed E-state index contributed by atoms with van der Waals surface area (Å²) < 4.78 is 0. The van der Waals surface area contributed by atoms with E-state index in [9.17, 15) is 5.11 Å². The van der Waals surface area contributed by atoms with E-state index < -0.39 is 0 Å². The Morgan fingerprint density at radius 1 is 1.25 bits per heavy atom. The molecular weight excluding hydrogens is 196 g/mol. The zero-order valence-corrected chi connectivity index (χ0v) is 11.5. The molecule has 3 rings (SSSR count). The van der Waals surface area contributed by atoms with E-state index >= 15 is 0 Å². The molecule has 0 saturated heterocycles. The van der Waals surface area contributed by atoms with Crippen LogP contribution < -0.4 is 0 Å². The van der Waals surface area contributed by atoms with E-state index in [4.69, 9.17) is 0 Å². The van der Waals surface area contributed by atoms with Gasteiger partial charge >= 0.3 is 0 Å². The number of aliphatic hydroxyl groups is 1. The van der Waals surface area contributed by atoms with Gasteiger partial charge in [0.2, 0.25) is 0 Å². The topological polar surface area (TPSA) is 20.2 Å². The molecule has 1 N–H and O–H groups in total. The number of aliphatic hydroxyl groups excluding tert-OH is 1. The Balaban J connectivity index is 2.00. The normalized spacial score (nSPS) is 42.9. The summed E-state index contributed by atoms with van der Waals surface area (Å²) >= 11 is 0. The van der Waals surface area contributed by atoms with E-state index in [1.165, 1.54) is 12.8 Å². The van der Waals surface area contributed by atoms with Crippen molar-refractivity contribution in [2.75, 3.05) is 0 Å². The van der Waals surface area contributed by atoms with Crippen molar-refractivity contribution in [3.8, 4) is 0 Å². The van der Waals surface area contributed by atoms with Crippen LogP contribution in [0.5, 0.6) is 0 Å². The highest BCUT2D eigenvalue weighted by Crippen LogP contribution is 2.63. The summed E-state index contributed by atoms with van der Waals surface area (Å²) in [6.07, 6.45) is 3.60. The predicted molar refractivity (Wildman–Crippen MR) is 68.1 cm³/mol. The lowest BCUT2D eigenvalue weighted by molar-refractivity contribution is -0.153. The van der Waals surface area contributed by atoms with Crippen LogP contribution in [0.15, 0.2) is 0 Å². The number of hydrogen-bond acceptors (Lipinski definition) is 1. The summed E-state index contributed by atoms with van der Waals surface area (Å²) in [5, 5.41) is 10.3. The van der Waals surface area contributed by atoms with Crippen molar-refractivity contribution in [1.82, 2.24) is 0 Å². The molecule has 0 aliphatic heterocycles. The van der Waals surface area contributed by atoms with Crippen LogP contribution in [0, 0.1) is 35.0 Å². The molecule has 1 nitrogen and oxygen atoms in total. The van der Waals surface area contributed by atoms with Crippen molar-refractivity contribution in [2.45, 2.75) is 60.0 Å². The summed E-state index contributed by atoms with van der Waals surface area (Å²) in [7, 11) is 0. The number of rotatable bonds is 3. The highest BCUT2D eigenvalue weighted by atomic mass is 16.3. The second kappa shape index (κ2) is 4.01. The SMILES string of the molecule is CC(C)CC(O)[C@@H]1C[C@@H]2C[C@H]([C@H]1C)C2(C)C. The maximum Gasteiger partial charge on any atom is 0.0573 e. The molecule has 3 aliphatic rings. The largest absolute Gasteiger partial charge is 0.393 e. The van der Waals surface area contributed by atoms with Gasteiger partial charge in [-0.05, 0) is 54.3 Å². The average molecular weight is 224 g/mol. The van der Waals surface area contributed by atoms with Crippen molar-refractivity contribution in [2.24, 2.45) is 35.0 Å². The molecule has 0 aromatic rings. The standard InChI is InChI=1S/C15H28O/c1-9(2)6-14(16)12-7-11-8-13(10(12)3)15(11,4)5/h9-14,16H,6-8H2,1-5H3/t10-,11+,12+,13+,14?/m0/s1. The first kappa shape index (κ1) is 12.4. The van der Waals surface area contributed by atoms with Crippen LogP contribution >= 0.6 is 0 Å². The Labute approximate surface area is 101 Å². The van der Waals surface area contributed by atoms with Crippen LogP contribution in [-0.4, -0.2) is 11.2 Å². The lowest BCUT2D eigenvalue weighted by Crippen LogP contribution is -2.57. The van der Waals surface area contributed by atoms with Gasteiger partial charge in [-0.1, -0.05) is 34.6 Å². The molecule has 1 heteroatoms. The van der Waals surface area contributed by atoms with E-state index in [-0.39, 0.29) is 6.10 Å². The zero-order valence-electron chi connectivity index (χ0n) is 11.5. The van der Waals surface area contributed by atoms with Crippen LogP contribution in [0.1, 0.15) is 53.9 Å². The van der Waals surface area contributed by atoms with Gasteiger partial charge in [0, 0.05) is 0 Å².